The molecule has 0 bridgehead atoms. The number of methoxy groups -OCH3 is 1. The van der Waals surface area contributed by atoms with Gasteiger partial charge in [-0.25, -0.2) is 0 Å². The lowest BCUT2D eigenvalue weighted by Crippen LogP contribution is -2.00. The molecule has 2 aromatic rings. The van der Waals surface area contributed by atoms with Crippen LogP contribution in [0.3, 0.4) is 0 Å². The van der Waals surface area contributed by atoms with Crippen molar-refractivity contribution < 1.29 is 14.6 Å². The van der Waals surface area contributed by atoms with Crippen LogP contribution in [0, 0.1) is 0 Å². The maximum absolute atomic E-state index is 9.90. The van der Waals surface area contributed by atoms with Crippen molar-refractivity contribution in [3.63, 3.8) is 0 Å². The first-order chi connectivity index (χ1) is 10.2. The lowest BCUT2D eigenvalue weighted by Gasteiger charge is -2.10. The number of phenolic OH excluding ortho intramolecular Hbond substituents is 1. The Bertz CT molecular complexity index is 567. The summed E-state index contributed by atoms with van der Waals surface area (Å²) in [4.78, 5) is 0. The van der Waals surface area contributed by atoms with Gasteiger partial charge in [-0.1, -0.05) is 6.92 Å². The molecule has 2 rings (SSSR count). The fraction of sp³-hybridized carbons (Fsp3) is 0.294. The molecule has 21 heavy (non-hydrogen) atoms. The van der Waals surface area contributed by atoms with Crippen molar-refractivity contribution in [2.75, 3.05) is 19.0 Å². The lowest BCUT2D eigenvalue weighted by atomic mass is 10.2. The molecule has 0 spiro atoms. The van der Waals surface area contributed by atoms with Crippen LogP contribution in [0.4, 0.5) is 5.69 Å². The molecule has 2 N–H and O–H groups in total. The van der Waals surface area contributed by atoms with Gasteiger partial charge in [0.25, 0.3) is 0 Å². The Kier molecular flexibility index (Phi) is 5.32. The number of benzene rings is 2. The quantitative estimate of drug-likeness (QED) is 0.813. The molecule has 0 saturated heterocycles. The van der Waals surface area contributed by atoms with E-state index in [0.29, 0.717) is 12.3 Å². The molecule has 0 amide bonds. The molecular weight excluding hydrogens is 266 g/mol. The third kappa shape index (κ3) is 4.31. The van der Waals surface area contributed by atoms with Gasteiger partial charge in [0, 0.05) is 23.9 Å². The maximum Gasteiger partial charge on any atom is 0.124 e. The van der Waals surface area contributed by atoms with E-state index in [1.165, 1.54) is 0 Å². The van der Waals surface area contributed by atoms with Gasteiger partial charge in [-0.2, -0.15) is 0 Å². The zero-order valence-electron chi connectivity index (χ0n) is 12.4. The number of aromatic hydroxyl groups is 1. The number of hydrogen-bond acceptors (Lipinski definition) is 4. The molecule has 0 atom stereocenters. The zero-order chi connectivity index (χ0) is 15.1. The number of anilines is 1. The molecule has 0 saturated carbocycles. The van der Waals surface area contributed by atoms with E-state index in [4.69, 9.17) is 9.47 Å². The van der Waals surface area contributed by atoms with Gasteiger partial charge in [-0.15, -0.1) is 0 Å². The molecule has 4 nitrogen and oxygen atoms in total. The third-order valence-electron chi connectivity index (χ3n) is 3.10. The normalized spacial score (nSPS) is 10.2. The average molecular weight is 287 g/mol. The van der Waals surface area contributed by atoms with Gasteiger partial charge in [0.1, 0.15) is 17.2 Å². The summed E-state index contributed by atoms with van der Waals surface area (Å²) < 4.78 is 10.6. The summed E-state index contributed by atoms with van der Waals surface area (Å²) in [5.41, 5.74) is 1.80. The zero-order valence-corrected chi connectivity index (χ0v) is 12.4. The molecular formula is C17H21NO3. The molecule has 0 radical (unpaired) electrons. The van der Waals surface area contributed by atoms with Crippen molar-refractivity contribution in [2.24, 2.45) is 0 Å². The molecule has 0 heterocycles. The van der Waals surface area contributed by atoms with E-state index in [1.54, 1.807) is 13.2 Å². The van der Waals surface area contributed by atoms with Crippen molar-refractivity contribution in [2.45, 2.75) is 19.9 Å². The van der Waals surface area contributed by atoms with Gasteiger partial charge in [0.05, 0.1) is 13.7 Å². The highest BCUT2D eigenvalue weighted by atomic mass is 16.5. The fourth-order valence-electron chi connectivity index (χ4n) is 1.91. The molecule has 4 heteroatoms. The summed E-state index contributed by atoms with van der Waals surface area (Å²) in [6.07, 6.45) is 0.997. The molecule has 0 unspecified atom stereocenters. The minimum Gasteiger partial charge on any atom is -0.507 e. The van der Waals surface area contributed by atoms with Crippen molar-refractivity contribution in [3.05, 3.63) is 48.0 Å². The minimum atomic E-state index is 0.227. The summed E-state index contributed by atoms with van der Waals surface area (Å²) in [5.74, 6) is 1.74. The summed E-state index contributed by atoms with van der Waals surface area (Å²) in [7, 11) is 1.58. The predicted octanol–water partition coefficient (Wildman–Crippen LogP) is 3.80. The summed E-state index contributed by atoms with van der Waals surface area (Å²) in [5, 5.41) is 13.2. The largest absolute Gasteiger partial charge is 0.507 e. The molecule has 0 aliphatic carbocycles. The van der Waals surface area contributed by atoms with Gasteiger partial charge < -0.3 is 19.9 Å². The third-order valence-corrected chi connectivity index (χ3v) is 3.10. The standard InChI is InChI=1S/C17H21NO3/c1-3-10-21-15-8-5-14(6-9-15)18-12-13-4-7-16(20-2)11-17(13)19/h4-9,11,18-19H,3,10,12H2,1-2H3. The van der Waals surface area contributed by atoms with E-state index in [-0.39, 0.29) is 5.75 Å². The molecule has 0 aliphatic rings. The summed E-state index contributed by atoms with van der Waals surface area (Å²) in [6.45, 7) is 3.36. The minimum absolute atomic E-state index is 0.227. The first-order valence-electron chi connectivity index (χ1n) is 7.05. The van der Waals surface area contributed by atoms with Crippen LogP contribution < -0.4 is 14.8 Å². The Labute approximate surface area is 125 Å². The van der Waals surface area contributed by atoms with Gasteiger partial charge in [0.2, 0.25) is 0 Å². The Balaban J connectivity index is 1.93. The van der Waals surface area contributed by atoms with E-state index in [0.717, 1.165) is 30.0 Å². The van der Waals surface area contributed by atoms with Crippen molar-refractivity contribution in [1.82, 2.24) is 0 Å². The summed E-state index contributed by atoms with van der Waals surface area (Å²) >= 11 is 0. The number of hydrogen-bond donors (Lipinski definition) is 2. The second-order valence-electron chi connectivity index (χ2n) is 4.72. The van der Waals surface area contributed by atoms with Gasteiger partial charge in [0.15, 0.2) is 0 Å². The van der Waals surface area contributed by atoms with E-state index in [2.05, 4.69) is 12.2 Å². The van der Waals surface area contributed by atoms with Crippen LogP contribution in [0.2, 0.25) is 0 Å². The number of nitrogens with one attached hydrogen (secondary N) is 1. The topological polar surface area (TPSA) is 50.7 Å². The highest BCUT2D eigenvalue weighted by Gasteiger charge is 2.03. The van der Waals surface area contributed by atoms with Crippen molar-refractivity contribution >= 4 is 5.69 Å². The second-order valence-corrected chi connectivity index (χ2v) is 4.72. The van der Waals surface area contributed by atoms with Crippen LogP contribution in [-0.2, 0) is 6.54 Å². The van der Waals surface area contributed by atoms with Gasteiger partial charge >= 0.3 is 0 Å². The Morgan fingerprint density at radius 1 is 1.05 bits per heavy atom. The molecule has 0 aliphatic heterocycles. The monoisotopic (exact) mass is 287 g/mol. The molecule has 0 fully saturated rings. The van der Waals surface area contributed by atoms with Crippen LogP contribution in [0.5, 0.6) is 17.2 Å². The van der Waals surface area contributed by atoms with Crippen LogP contribution in [0.15, 0.2) is 42.5 Å². The second kappa shape index (κ2) is 7.43. The number of phenols is 1. The summed E-state index contributed by atoms with van der Waals surface area (Å²) in [6, 6.07) is 13.1. The first kappa shape index (κ1) is 15.0. The Morgan fingerprint density at radius 3 is 2.38 bits per heavy atom. The van der Waals surface area contributed by atoms with Crippen LogP contribution in [0.1, 0.15) is 18.9 Å². The fourth-order valence-corrected chi connectivity index (χ4v) is 1.91. The van der Waals surface area contributed by atoms with Crippen molar-refractivity contribution in [3.8, 4) is 17.2 Å². The van der Waals surface area contributed by atoms with Crippen molar-refractivity contribution in [1.29, 1.82) is 0 Å². The molecule has 0 aromatic heterocycles. The Morgan fingerprint density at radius 2 is 1.76 bits per heavy atom. The van der Waals surface area contributed by atoms with E-state index >= 15 is 0 Å². The smallest absolute Gasteiger partial charge is 0.124 e. The molecule has 2 aromatic carbocycles. The highest BCUT2D eigenvalue weighted by Crippen LogP contribution is 2.24. The van der Waals surface area contributed by atoms with Crippen LogP contribution in [0.25, 0.3) is 0 Å². The predicted molar refractivity (Wildman–Crippen MR) is 84.2 cm³/mol. The van der Waals surface area contributed by atoms with E-state index < -0.39 is 0 Å². The number of rotatable bonds is 7. The van der Waals surface area contributed by atoms with Gasteiger partial charge in [-0.05, 0) is 42.8 Å². The van der Waals surface area contributed by atoms with E-state index in [1.807, 2.05) is 36.4 Å². The average Bonchev–Trinajstić information content (AvgIpc) is 2.52. The maximum atomic E-state index is 9.90. The lowest BCUT2D eigenvalue weighted by molar-refractivity contribution is 0.317. The molecule has 112 valence electrons. The SMILES string of the molecule is CCCOc1ccc(NCc2ccc(OC)cc2O)cc1. The number of ether oxygens (including phenoxy) is 2. The van der Waals surface area contributed by atoms with Gasteiger partial charge in [-0.3, -0.25) is 0 Å². The van der Waals surface area contributed by atoms with Crippen LogP contribution in [-0.4, -0.2) is 18.8 Å². The highest BCUT2D eigenvalue weighted by molar-refractivity contribution is 5.48. The first-order valence-corrected chi connectivity index (χ1v) is 7.05. The van der Waals surface area contributed by atoms with Crippen LogP contribution >= 0.6 is 0 Å². The van der Waals surface area contributed by atoms with E-state index in [9.17, 15) is 5.11 Å². The Hall–Kier alpha value is -2.36.